The fourth-order valence-corrected chi connectivity index (χ4v) is 1.82. The highest BCUT2D eigenvalue weighted by Crippen LogP contribution is 2.02. The molecule has 1 heterocycles. The molecule has 0 spiro atoms. The van der Waals surface area contributed by atoms with Crippen LogP contribution >= 0.6 is 0 Å². The Kier molecular flexibility index (Phi) is 8.36. The van der Waals surface area contributed by atoms with E-state index in [0.29, 0.717) is 19.7 Å². The molecule has 3 N–H and O–H groups in total. The number of unbranched alkanes of at least 4 members (excludes halogenated alkanes) is 1. The van der Waals surface area contributed by atoms with Gasteiger partial charge in [0.1, 0.15) is 0 Å². The Morgan fingerprint density at radius 2 is 2.20 bits per heavy atom. The molecule has 0 aliphatic heterocycles. The Hall–Kier alpha value is -1.02. The lowest BCUT2D eigenvalue weighted by molar-refractivity contribution is -0.0365. The largest absolute Gasteiger partial charge is 0.389 e. The number of methoxy groups -OCH3 is 1. The molecule has 7 nitrogen and oxygen atoms in total. The van der Waals surface area contributed by atoms with Crippen LogP contribution in [0.3, 0.4) is 0 Å². The van der Waals surface area contributed by atoms with Crippen LogP contribution in [0.1, 0.15) is 25.5 Å². The van der Waals surface area contributed by atoms with Gasteiger partial charge in [0.25, 0.3) is 0 Å². The van der Waals surface area contributed by atoms with Crippen LogP contribution < -0.4 is 5.73 Å². The van der Waals surface area contributed by atoms with Crippen molar-refractivity contribution in [2.24, 2.45) is 5.73 Å². The normalized spacial score (nSPS) is 14.4. The summed E-state index contributed by atoms with van der Waals surface area (Å²) in [6, 6.07) is 0. The van der Waals surface area contributed by atoms with Gasteiger partial charge in [-0.3, -0.25) is 0 Å². The number of aliphatic hydroxyl groups excluding tert-OH is 1. The third kappa shape index (κ3) is 6.95. The van der Waals surface area contributed by atoms with Gasteiger partial charge >= 0.3 is 0 Å². The topological polar surface area (TPSA) is 95.4 Å². The summed E-state index contributed by atoms with van der Waals surface area (Å²) < 4.78 is 12.1. The molecule has 0 radical (unpaired) electrons. The first kappa shape index (κ1) is 17.0. The van der Waals surface area contributed by atoms with E-state index in [0.717, 1.165) is 25.0 Å². The average molecular weight is 286 g/mol. The number of hydrogen-bond acceptors (Lipinski definition) is 6. The van der Waals surface area contributed by atoms with Crippen LogP contribution in [-0.4, -0.2) is 59.2 Å². The summed E-state index contributed by atoms with van der Waals surface area (Å²) in [5.74, 6) is 0. The summed E-state index contributed by atoms with van der Waals surface area (Å²) in [7, 11) is 1.62. The van der Waals surface area contributed by atoms with Crippen molar-refractivity contribution < 1.29 is 14.6 Å². The van der Waals surface area contributed by atoms with Gasteiger partial charge in [0.15, 0.2) is 0 Å². The lowest BCUT2D eigenvalue weighted by Crippen LogP contribution is -2.26. The van der Waals surface area contributed by atoms with Crippen molar-refractivity contribution in [3.05, 3.63) is 11.9 Å². The van der Waals surface area contributed by atoms with Crippen molar-refractivity contribution >= 4 is 0 Å². The quantitative estimate of drug-likeness (QED) is 0.555. The standard InChI is InChI=1S/C13H26N4O3/c1-11(9-19-2)20-10-13(18)8-17-7-12(15-16-17)5-3-4-6-14/h7,11,13,18H,3-6,8-10,14H2,1-2H3. The first-order valence-electron chi connectivity index (χ1n) is 7.03. The number of rotatable bonds is 11. The summed E-state index contributed by atoms with van der Waals surface area (Å²) in [6.45, 7) is 3.75. The van der Waals surface area contributed by atoms with Crippen molar-refractivity contribution in [2.75, 3.05) is 26.9 Å². The van der Waals surface area contributed by atoms with Crippen molar-refractivity contribution in [1.29, 1.82) is 0 Å². The summed E-state index contributed by atoms with van der Waals surface area (Å²) >= 11 is 0. The van der Waals surface area contributed by atoms with Crippen molar-refractivity contribution in [3.63, 3.8) is 0 Å². The molecule has 2 atom stereocenters. The molecule has 0 saturated carbocycles. The first-order chi connectivity index (χ1) is 9.65. The molecule has 0 saturated heterocycles. The molecule has 0 amide bonds. The lowest BCUT2D eigenvalue weighted by atomic mass is 10.2. The van der Waals surface area contributed by atoms with E-state index in [1.165, 1.54) is 0 Å². The number of aryl methyl sites for hydroxylation is 1. The molecule has 0 aromatic carbocycles. The highest BCUT2D eigenvalue weighted by atomic mass is 16.5. The number of aliphatic hydroxyl groups is 1. The molecule has 2 unspecified atom stereocenters. The Balaban J connectivity index is 2.25. The molecule has 116 valence electrons. The smallest absolute Gasteiger partial charge is 0.0969 e. The number of nitrogens with zero attached hydrogens (tertiary/aromatic N) is 3. The number of aromatic nitrogens is 3. The van der Waals surface area contributed by atoms with Gasteiger partial charge in [0.05, 0.1) is 37.7 Å². The second-order valence-electron chi connectivity index (χ2n) is 4.93. The molecule has 20 heavy (non-hydrogen) atoms. The molecule has 7 heteroatoms. The SMILES string of the molecule is COCC(C)OCC(O)Cn1cc(CCCCN)nn1. The minimum atomic E-state index is -0.604. The molecule has 1 rings (SSSR count). The maximum atomic E-state index is 9.87. The van der Waals surface area contributed by atoms with Gasteiger partial charge in [-0.15, -0.1) is 5.10 Å². The van der Waals surface area contributed by atoms with Crippen molar-refractivity contribution in [2.45, 2.75) is 44.9 Å². The molecule has 1 aromatic heterocycles. The highest BCUT2D eigenvalue weighted by Gasteiger charge is 2.10. The molecular formula is C13H26N4O3. The fraction of sp³-hybridized carbons (Fsp3) is 0.846. The number of ether oxygens (including phenoxy) is 2. The van der Waals surface area contributed by atoms with E-state index in [1.54, 1.807) is 11.8 Å². The van der Waals surface area contributed by atoms with Crippen LogP contribution in [-0.2, 0) is 22.4 Å². The van der Waals surface area contributed by atoms with Gasteiger partial charge in [-0.2, -0.15) is 0 Å². The predicted molar refractivity (Wildman–Crippen MR) is 75.3 cm³/mol. The predicted octanol–water partition coefficient (Wildman–Crippen LogP) is -0.0281. The van der Waals surface area contributed by atoms with E-state index in [9.17, 15) is 5.11 Å². The van der Waals surface area contributed by atoms with Crippen LogP contribution in [0.25, 0.3) is 0 Å². The van der Waals surface area contributed by atoms with Gasteiger partial charge in [-0.1, -0.05) is 5.21 Å². The molecular weight excluding hydrogens is 260 g/mol. The van der Waals surface area contributed by atoms with Crippen molar-refractivity contribution in [3.8, 4) is 0 Å². The van der Waals surface area contributed by atoms with Gasteiger partial charge < -0.3 is 20.3 Å². The summed E-state index contributed by atoms with van der Waals surface area (Å²) in [6.07, 6.45) is 4.09. The van der Waals surface area contributed by atoms with E-state index in [2.05, 4.69) is 10.3 Å². The van der Waals surface area contributed by atoms with E-state index >= 15 is 0 Å². The number of hydrogen-bond donors (Lipinski definition) is 2. The van der Waals surface area contributed by atoms with Crippen LogP contribution in [0.5, 0.6) is 0 Å². The maximum absolute atomic E-state index is 9.87. The molecule has 0 aliphatic carbocycles. The zero-order valence-corrected chi connectivity index (χ0v) is 12.4. The summed E-state index contributed by atoms with van der Waals surface area (Å²) in [4.78, 5) is 0. The monoisotopic (exact) mass is 286 g/mol. The van der Waals surface area contributed by atoms with Crippen LogP contribution in [0, 0.1) is 0 Å². The van der Waals surface area contributed by atoms with Crippen LogP contribution in [0.15, 0.2) is 6.20 Å². The third-order valence-corrected chi connectivity index (χ3v) is 2.85. The van der Waals surface area contributed by atoms with Gasteiger partial charge in [0.2, 0.25) is 0 Å². The lowest BCUT2D eigenvalue weighted by Gasteiger charge is -2.15. The minimum Gasteiger partial charge on any atom is -0.389 e. The Labute approximate surface area is 120 Å². The fourth-order valence-electron chi connectivity index (χ4n) is 1.82. The average Bonchev–Trinajstić information content (AvgIpc) is 2.85. The van der Waals surface area contributed by atoms with Crippen molar-refractivity contribution in [1.82, 2.24) is 15.0 Å². The van der Waals surface area contributed by atoms with E-state index in [4.69, 9.17) is 15.2 Å². The molecule has 0 aliphatic rings. The summed E-state index contributed by atoms with van der Waals surface area (Å²) in [5.41, 5.74) is 6.38. The minimum absolute atomic E-state index is 0.0304. The van der Waals surface area contributed by atoms with E-state index in [-0.39, 0.29) is 12.7 Å². The number of nitrogens with two attached hydrogens (primary N) is 1. The Morgan fingerprint density at radius 1 is 1.40 bits per heavy atom. The van der Waals surface area contributed by atoms with Gasteiger partial charge in [-0.05, 0) is 32.7 Å². The second-order valence-corrected chi connectivity index (χ2v) is 4.93. The zero-order valence-electron chi connectivity index (χ0n) is 12.4. The molecule has 1 aromatic rings. The first-order valence-corrected chi connectivity index (χ1v) is 7.03. The van der Waals surface area contributed by atoms with Crippen LogP contribution in [0.4, 0.5) is 0 Å². The summed E-state index contributed by atoms with van der Waals surface area (Å²) in [5, 5.41) is 17.9. The molecule has 0 bridgehead atoms. The maximum Gasteiger partial charge on any atom is 0.0969 e. The van der Waals surface area contributed by atoms with Gasteiger partial charge in [-0.25, -0.2) is 4.68 Å². The van der Waals surface area contributed by atoms with E-state index < -0.39 is 6.10 Å². The second kappa shape index (κ2) is 9.82. The van der Waals surface area contributed by atoms with Crippen LogP contribution in [0.2, 0.25) is 0 Å². The molecule has 0 fully saturated rings. The Morgan fingerprint density at radius 3 is 2.90 bits per heavy atom. The zero-order chi connectivity index (χ0) is 14.8. The third-order valence-electron chi connectivity index (χ3n) is 2.85. The Bertz CT molecular complexity index is 359. The van der Waals surface area contributed by atoms with Gasteiger partial charge in [0, 0.05) is 13.3 Å². The highest BCUT2D eigenvalue weighted by molar-refractivity contribution is 4.92. The van der Waals surface area contributed by atoms with E-state index in [1.807, 2.05) is 13.1 Å².